The summed E-state index contributed by atoms with van der Waals surface area (Å²) in [6, 6.07) is 32.8. The first kappa shape index (κ1) is 15.3. The third kappa shape index (κ3) is 2.59. The summed E-state index contributed by atoms with van der Waals surface area (Å²) in [5.74, 6) is 0.415. The van der Waals surface area contributed by atoms with Crippen molar-refractivity contribution in [2.24, 2.45) is 0 Å². The molecule has 1 unspecified atom stereocenters. The van der Waals surface area contributed by atoms with Crippen LogP contribution in [-0.2, 0) is 4.75 Å². The van der Waals surface area contributed by atoms with Gasteiger partial charge in [0, 0.05) is 5.92 Å². The molecule has 24 heavy (non-hydrogen) atoms. The van der Waals surface area contributed by atoms with Crippen LogP contribution in [0.15, 0.2) is 102 Å². The molecule has 0 saturated heterocycles. The Morgan fingerprint density at radius 1 is 0.667 bits per heavy atom. The molecule has 118 valence electrons. The van der Waals surface area contributed by atoms with Gasteiger partial charge in [-0.2, -0.15) is 0 Å². The number of benzene rings is 3. The summed E-state index contributed by atoms with van der Waals surface area (Å²) in [4.78, 5) is 0. The summed E-state index contributed by atoms with van der Waals surface area (Å²) in [5.41, 5.74) is 4.15. The molecule has 0 amide bonds. The van der Waals surface area contributed by atoms with Gasteiger partial charge in [-0.05, 0) is 28.5 Å². The molecule has 0 spiro atoms. The molecule has 0 saturated carbocycles. The van der Waals surface area contributed by atoms with Crippen molar-refractivity contribution in [2.75, 3.05) is 0 Å². The maximum absolute atomic E-state index is 2.31. The predicted octanol–water partition coefficient (Wildman–Crippen LogP) is 6.36. The average Bonchev–Trinajstić information content (AvgIpc) is 2.70. The van der Waals surface area contributed by atoms with E-state index in [-0.39, 0.29) is 4.75 Å². The van der Waals surface area contributed by atoms with E-state index in [1.165, 1.54) is 16.7 Å². The van der Waals surface area contributed by atoms with Crippen LogP contribution in [0.2, 0.25) is 0 Å². The fraction of sp³-hybridized carbons (Fsp3) is 0.130. The lowest BCUT2D eigenvalue weighted by Gasteiger charge is -2.43. The third-order valence-electron chi connectivity index (χ3n) is 4.82. The highest BCUT2D eigenvalue weighted by Gasteiger charge is 2.43. The second kappa shape index (κ2) is 6.70. The van der Waals surface area contributed by atoms with E-state index in [9.17, 15) is 0 Å². The Morgan fingerprint density at radius 2 is 1.17 bits per heavy atom. The van der Waals surface area contributed by atoms with Crippen LogP contribution < -0.4 is 0 Å². The minimum absolute atomic E-state index is 0.0847. The minimum Gasteiger partial charge on any atom is -0.117 e. The van der Waals surface area contributed by atoms with Gasteiger partial charge >= 0.3 is 0 Å². The van der Waals surface area contributed by atoms with Crippen LogP contribution in [0.3, 0.4) is 0 Å². The molecule has 1 aliphatic heterocycles. The van der Waals surface area contributed by atoms with Gasteiger partial charge in [-0.25, -0.2) is 0 Å². The molecule has 1 aliphatic rings. The lowest BCUT2D eigenvalue weighted by molar-refractivity contribution is 0.560. The van der Waals surface area contributed by atoms with Crippen molar-refractivity contribution in [3.05, 3.63) is 119 Å². The Bertz CT molecular complexity index is 767. The van der Waals surface area contributed by atoms with E-state index in [0.717, 1.165) is 6.42 Å². The van der Waals surface area contributed by atoms with Gasteiger partial charge in [-0.15, -0.1) is 11.8 Å². The van der Waals surface area contributed by atoms with E-state index in [0.29, 0.717) is 5.92 Å². The van der Waals surface area contributed by atoms with Crippen LogP contribution in [-0.4, -0.2) is 0 Å². The Hall–Kier alpha value is -2.25. The molecule has 0 fully saturated rings. The fourth-order valence-electron chi connectivity index (χ4n) is 3.73. The van der Waals surface area contributed by atoms with E-state index in [1.54, 1.807) is 0 Å². The van der Waals surface area contributed by atoms with E-state index < -0.39 is 0 Å². The van der Waals surface area contributed by atoms with Gasteiger partial charge in [0.15, 0.2) is 0 Å². The van der Waals surface area contributed by atoms with Gasteiger partial charge < -0.3 is 0 Å². The van der Waals surface area contributed by atoms with Gasteiger partial charge in [0.1, 0.15) is 0 Å². The highest BCUT2D eigenvalue weighted by molar-refractivity contribution is 8.03. The predicted molar refractivity (Wildman–Crippen MR) is 104 cm³/mol. The first-order chi connectivity index (χ1) is 11.9. The molecule has 4 rings (SSSR count). The van der Waals surface area contributed by atoms with Crippen molar-refractivity contribution < 1.29 is 0 Å². The first-order valence-corrected chi connectivity index (χ1v) is 9.28. The SMILES string of the molecule is C1=CSC(c2ccccc2)(c2ccccc2)C(c2ccccc2)C1. The molecule has 0 radical (unpaired) electrons. The van der Waals surface area contributed by atoms with Crippen LogP contribution in [0.1, 0.15) is 29.0 Å². The Morgan fingerprint density at radius 3 is 1.71 bits per heavy atom. The fourth-order valence-corrected chi connectivity index (χ4v) is 5.09. The third-order valence-corrected chi connectivity index (χ3v) is 6.28. The summed E-state index contributed by atoms with van der Waals surface area (Å²) in [7, 11) is 0. The Kier molecular flexibility index (Phi) is 4.27. The second-order valence-corrected chi connectivity index (χ2v) is 7.31. The second-order valence-electron chi connectivity index (χ2n) is 6.16. The highest BCUT2D eigenvalue weighted by atomic mass is 32.2. The molecule has 1 atom stereocenters. The molecular formula is C23H20S. The summed E-state index contributed by atoms with van der Waals surface area (Å²) >= 11 is 1.94. The van der Waals surface area contributed by atoms with E-state index in [2.05, 4.69) is 102 Å². The summed E-state index contributed by atoms with van der Waals surface area (Å²) in [5, 5.41) is 2.28. The molecule has 0 aliphatic carbocycles. The van der Waals surface area contributed by atoms with Crippen molar-refractivity contribution in [3.8, 4) is 0 Å². The molecule has 0 N–H and O–H groups in total. The van der Waals surface area contributed by atoms with E-state index >= 15 is 0 Å². The van der Waals surface area contributed by atoms with Gasteiger partial charge in [-0.3, -0.25) is 0 Å². The summed E-state index contributed by atoms with van der Waals surface area (Å²) in [6.45, 7) is 0. The zero-order valence-corrected chi connectivity index (χ0v) is 14.3. The number of hydrogen-bond acceptors (Lipinski definition) is 1. The normalized spacial score (nSPS) is 19.1. The number of allylic oxidation sites excluding steroid dienone is 1. The molecule has 1 heteroatoms. The summed E-state index contributed by atoms with van der Waals surface area (Å²) in [6.07, 6.45) is 3.37. The zero-order chi connectivity index (χ0) is 16.2. The van der Waals surface area contributed by atoms with Gasteiger partial charge in [0.2, 0.25) is 0 Å². The standard InChI is InChI=1S/C23H20S/c1-4-11-19(12-5-1)22-17-10-18-24-23(22,20-13-6-2-7-14-20)21-15-8-3-9-16-21/h1-16,18,22H,17H2. The minimum atomic E-state index is -0.0847. The number of thioether (sulfide) groups is 1. The van der Waals surface area contributed by atoms with Gasteiger partial charge in [0.25, 0.3) is 0 Å². The van der Waals surface area contributed by atoms with E-state index in [1.807, 2.05) is 11.8 Å². The quantitative estimate of drug-likeness (QED) is 0.538. The Labute approximate surface area is 148 Å². The molecule has 3 aromatic carbocycles. The van der Waals surface area contributed by atoms with Crippen LogP contribution in [0, 0.1) is 0 Å². The lowest BCUT2D eigenvalue weighted by atomic mass is 9.74. The maximum Gasteiger partial charge on any atom is 0.0769 e. The lowest BCUT2D eigenvalue weighted by Crippen LogP contribution is -2.32. The van der Waals surface area contributed by atoms with Crippen LogP contribution in [0.25, 0.3) is 0 Å². The van der Waals surface area contributed by atoms with Crippen LogP contribution in [0.5, 0.6) is 0 Å². The number of rotatable bonds is 3. The average molecular weight is 328 g/mol. The zero-order valence-electron chi connectivity index (χ0n) is 13.5. The molecular weight excluding hydrogens is 308 g/mol. The Balaban J connectivity index is 1.96. The monoisotopic (exact) mass is 328 g/mol. The summed E-state index contributed by atoms with van der Waals surface area (Å²) < 4.78 is -0.0847. The van der Waals surface area contributed by atoms with Crippen molar-refractivity contribution in [3.63, 3.8) is 0 Å². The smallest absolute Gasteiger partial charge is 0.0769 e. The molecule has 1 heterocycles. The molecule has 3 aromatic rings. The maximum atomic E-state index is 2.31. The number of hydrogen-bond donors (Lipinski definition) is 0. The van der Waals surface area contributed by atoms with Crippen molar-refractivity contribution in [2.45, 2.75) is 17.1 Å². The van der Waals surface area contributed by atoms with Gasteiger partial charge in [-0.1, -0.05) is 97.1 Å². The topological polar surface area (TPSA) is 0 Å². The molecule has 0 bridgehead atoms. The largest absolute Gasteiger partial charge is 0.117 e. The van der Waals surface area contributed by atoms with Gasteiger partial charge in [0.05, 0.1) is 4.75 Å². The molecule has 0 aromatic heterocycles. The van der Waals surface area contributed by atoms with Crippen molar-refractivity contribution in [1.29, 1.82) is 0 Å². The van der Waals surface area contributed by atoms with Crippen LogP contribution in [0.4, 0.5) is 0 Å². The first-order valence-electron chi connectivity index (χ1n) is 8.40. The van der Waals surface area contributed by atoms with Crippen LogP contribution >= 0.6 is 11.8 Å². The van der Waals surface area contributed by atoms with E-state index in [4.69, 9.17) is 0 Å². The molecule has 0 nitrogen and oxygen atoms in total. The van der Waals surface area contributed by atoms with Crippen molar-refractivity contribution >= 4 is 11.8 Å². The highest BCUT2D eigenvalue weighted by Crippen LogP contribution is 2.56. The van der Waals surface area contributed by atoms with Crippen molar-refractivity contribution in [1.82, 2.24) is 0 Å².